The molecular formula is C43H48N6O3. The topological polar surface area (TPSA) is 85.0 Å². The van der Waals surface area contributed by atoms with Crippen molar-refractivity contribution in [1.29, 1.82) is 0 Å². The Morgan fingerprint density at radius 3 is 2.25 bits per heavy atom. The van der Waals surface area contributed by atoms with Gasteiger partial charge in [0.2, 0.25) is 0 Å². The smallest absolute Gasteiger partial charge is 0.261 e. The van der Waals surface area contributed by atoms with Crippen molar-refractivity contribution in [3.63, 3.8) is 0 Å². The Kier molecular flexibility index (Phi) is 9.94. The fourth-order valence-corrected chi connectivity index (χ4v) is 7.80. The van der Waals surface area contributed by atoms with Gasteiger partial charge in [0, 0.05) is 62.8 Å². The van der Waals surface area contributed by atoms with Crippen molar-refractivity contribution in [1.82, 2.24) is 19.8 Å². The molecule has 0 radical (unpaired) electrons. The number of anilines is 2. The van der Waals surface area contributed by atoms with Gasteiger partial charge >= 0.3 is 0 Å². The van der Waals surface area contributed by atoms with Crippen molar-refractivity contribution in [3.05, 3.63) is 107 Å². The molecule has 52 heavy (non-hydrogen) atoms. The van der Waals surface area contributed by atoms with Crippen LogP contribution in [-0.2, 0) is 13.0 Å². The van der Waals surface area contributed by atoms with Gasteiger partial charge in [0.15, 0.2) is 0 Å². The van der Waals surface area contributed by atoms with Gasteiger partial charge < -0.3 is 24.4 Å². The molecule has 1 aromatic heterocycles. The number of likely N-dealkylation sites (N-methyl/N-ethyl adjacent to an activating group) is 1. The minimum atomic E-state index is -0.155. The average Bonchev–Trinajstić information content (AvgIpc) is 3.72. The van der Waals surface area contributed by atoms with Gasteiger partial charge in [-0.25, -0.2) is 4.98 Å². The van der Waals surface area contributed by atoms with Crippen molar-refractivity contribution in [2.24, 2.45) is 0 Å². The molecule has 0 bridgehead atoms. The number of imidazole rings is 1. The van der Waals surface area contributed by atoms with E-state index < -0.39 is 0 Å². The number of rotatable bonds is 13. The first-order valence-electron chi connectivity index (χ1n) is 19.0. The standard InChI is InChI=1S/C43H48N6O3/c1-46-22-24-47(25-23-46)35-16-18-39-40(29-35)45-41(44-39)32-11-10-12-34(27-32)48-21-19-31-28-36(17-15-33(31)30-48)52-26-9-5-3-2-4-8-20-49-42(50)37-13-6-7-14-38(37)43(49)51/h6-7,10-18,27-29H,2-5,8-9,19-26,30H2,1H3,(H,44,45). The Morgan fingerprint density at radius 2 is 1.44 bits per heavy atom. The molecule has 0 aliphatic carbocycles. The van der Waals surface area contributed by atoms with Crippen molar-refractivity contribution in [2.45, 2.75) is 51.5 Å². The maximum atomic E-state index is 12.5. The molecule has 3 aliphatic rings. The number of unbranched alkanes of at least 4 members (excludes halogenated alkanes) is 5. The van der Waals surface area contributed by atoms with Crippen molar-refractivity contribution >= 4 is 34.2 Å². The van der Waals surface area contributed by atoms with Gasteiger partial charge in [-0.1, -0.05) is 56.0 Å². The number of fused-ring (bicyclic) bond motifs is 3. The number of carbonyl (C=O) groups excluding carboxylic acids is 2. The number of benzene rings is 4. The van der Waals surface area contributed by atoms with Crippen LogP contribution in [0, 0.1) is 0 Å². The number of hydrogen-bond donors (Lipinski definition) is 1. The largest absolute Gasteiger partial charge is 0.494 e. The Balaban J connectivity index is 0.778. The molecule has 1 saturated heterocycles. The van der Waals surface area contributed by atoms with E-state index >= 15 is 0 Å². The number of amides is 2. The quantitative estimate of drug-likeness (QED) is 0.101. The van der Waals surface area contributed by atoms with Gasteiger partial charge in [-0.3, -0.25) is 14.5 Å². The van der Waals surface area contributed by atoms with E-state index in [1.54, 1.807) is 12.1 Å². The molecule has 9 nitrogen and oxygen atoms in total. The first-order valence-corrected chi connectivity index (χ1v) is 19.0. The summed E-state index contributed by atoms with van der Waals surface area (Å²) in [5, 5.41) is 0. The zero-order chi connectivity index (χ0) is 35.4. The molecule has 2 amide bonds. The highest BCUT2D eigenvalue weighted by molar-refractivity contribution is 6.21. The Morgan fingerprint density at radius 1 is 0.692 bits per heavy atom. The maximum Gasteiger partial charge on any atom is 0.261 e. The number of aromatic amines is 1. The van der Waals surface area contributed by atoms with Crippen molar-refractivity contribution in [3.8, 4) is 17.1 Å². The first-order chi connectivity index (χ1) is 25.5. The number of nitrogens with zero attached hydrogens (tertiary/aromatic N) is 5. The molecule has 9 heteroatoms. The third-order valence-electron chi connectivity index (χ3n) is 10.9. The predicted octanol–water partition coefficient (Wildman–Crippen LogP) is 7.56. The summed E-state index contributed by atoms with van der Waals surface area (Å²) in [4.78, 5) is 42.3. The van der Waals surface area contributed by atoms with E-state index in [4.69, 9.17) is 9.72 Å². The molecule has 0 atom stereocenters. The van der Waals surface area contributed by atoms with Crippen LogP contribution in [-0.4, -0.2) is 84.5 Å². The molecule has 1 fully saturated rings. The van der Waals surface area contributed by atoms with E-state index in [1.807, 2.05) is 12.1 Å². The molecule has 0 unspecified atom stereocenters. The summed E-state index contributed by atoms with van der Waals surface area (Å²) in [6, 6.07) is 29.0. The number of nitrogens with one attached hydrogen (secondary N) is 1. The zero-order valence-electron chi connectivity index (χ0n) is 30.2. The molecule has 0 spiro atoms. The Hall–Kier alpha value is -5.15. The number of piperazine rings is 1. The Labute approximate surface area is 306 Å². The molecule has 4 aromatic carbocycles. The average molecular weight is 697 g/mol. The van der Waals surface area contributed by atoms with E-state index in [-0.39, 0.29) is 11.8 Å². The minimum absolute atomic E-state index is 0.155. The number of H-pyrrole nitrogens is 1. The molecular weight excluding hydrogens is 649 g/mol. The van der Waals surface area contributed by atoms with Crippen LogP contribution in [0.2, 0.25) is 0 Å². The summed E-state index contributed by atoms with van der Waals surface area (Å²) < 4.78 is 6.16. The van der Waals surface area contributed by atoms with Gasteiger partial charge in [0.05, 0.1) is 28.8 Å². The van der Waals surface area contributed by atoms with E-state index in [9.17, 15) is 9.59 Å². The van der Waals surface area contributed by atoms with Gasteiger partial charge in [0.25, 0.3) is 11.8 Å². The zero-order valence-corrected chi connectivity index (χ0v) is 30.2. The highest BCUT2D eigenvalue weighted by Crippen LogP contribution is 2.31. The van der Waals surface area contributed by atoms with Crippen molar-refractivity contribution in [2.75, 3.05) is 62.7 Å². The van der Waals surface area contributed by atoms with Crippen molar-refractivity contribution < 1.29 is 14.3 Å². The van der Waals surface area contributed by atoms with Crippen LogP contribution in [0.1, 0.15) is 70.4 Å². The van der Waals surface area contributed by atoms with Crippen LogP contribution in [0.3, 0.4) is 0 Å². The molecule has 3 aliphatic heterocycles. The van der Waals surface area contributed by atoms with E-state index in [1.165, 1.54) is 27.4 Å². The monoisotopic (exact) mass is 696 g/mol. The van der Waals surface area contributed by atoms with Crippen LogP contribution in [0.15, 0.2) is 84.9 Å². The van der Waals surface area contributed by atoms with Crippen LogP contribution in [0.25, 0.3) is 22.4 Å². The minimum Gasteiger partial charge on any atom is -0.494 e. The second-order valence-electron chi connectivity index (χ2n) is 14.5. The molecule has 268 valence electrons. The molecule has 4 heterocycles. The lowest BCUT2D eigenvalue weighted by Gasteiger charge is -2.34. The van der Waals surface area contributed by atoms with Crippen LogP contribution < -0.4 is 14.5 Å². The number of imide groups is 1. The molecule has 1 N–H and O–H groups in total. The summed E-state index contributed by atoms with van der Waals surface area (Å²) in [7, 11) is 2.19. The summed E-state index contributed by atoms with van der Waals surface area (Å²) in [5.41, 5.74) is 9.44. The van der Waals surface area contributed by atoms with Crippen LogP contribution in [0.4, 0.5) is 11.4 Å². The van der Waals surface area contributed by atoms with Gasteiger partial charge in [-0.15, -0.1) is 0 Å². The number of hydrogen-bond acceptors (Lipinski definition) is 7. The second-order valence-corrected chi connectivity index (χ2v) is 14.5. The molecule has 5 aromatic rings. The van der Waals surface area contributed by atoms with E-state index in [0.717, 1.165) is 112 Å². The van der Waals surface area contributed by atoms with Gasteiger partial charge in [-0.2, -0.15) is 0 Å². The number of ether oxygens (including phenoxy) is 1. The first kappa shape index (κ1) is 34.0. The lowest BCUT2D eigenvalue weighted by Crippen LogP contribution is -2.44. The number of aromatic nitrogens is 2. The van der Waals surface area contributed by atoms with Gasteiger partial charge in [0.1, 0.15) is 11.6 Å². The molecule has 0 saturated carbocycles. The summed E-state index contributed by atoms with van der Waals surface area (Å²) in [6.07, 6.45) is 7.19. The van der Waals surface area contributed by atoms with Gasteiger partial charge in [-0.05, 0) is 92.0 Å². The van der Waals surface area contributed by atoms with Crippen LogP contribution in [0.5, 0.6) is 5.75 Å². The summed E-state index contributed by atoms with van der Waals surface area (Å²) >= 11 is 0. The fraction of sp³-hybridized carbons (Fsp3) is 0.372. The highest BCUT2D eigenvalue weighted by atomic mass is 16.5. The normalized spacial score (nSPS) is 16.1. The van der Waals surface area contributed by atoms with E-state index in [2.05, 4.69) is 87.4 Å². The lowest BCUT2D eigenvalue weighted by molar-refractivity contribution is 0.0651. The third-order valence-corrected chi connectivity index (χ3v) is 10.9. The highest BCUT2D eigenvalue weighted by Gasteiger charge is 2.34. The Bertz CT molecular complexity index is 2030. The maximum absolute atomic E-state index is 12.5. The molecule has 8 rings (SSSR count). The number of carbonyl (C=O) groups is 2. The summed E-state index contributed by atoms with van der Waals surface area (Å²) in [6.45, 7) is 7.33. The summed E-state index contributed by atoms with van der Waals surface area (Å²) in [5.74, 6) is 1.55. The SMILES string of the molecule is CN1CCN(c2ccc3nc(-c4cccc(N5CCc6cc(OCCCCCCCCN7C(=O)c8ccccc8C7=O)ccc6C5)c4)[nH]c3c2)CC1. The van der Waals surface area contributed by atoms with E-state index in [0.29, 0.717) is 24.3 Å². The van der Waals surface area contributed by atoms with Crippen LogP contribution >= 0.6 is 0 Å². The second kappa shape index (κ2) is 15.2. The fourth-order valence-electron chi connectivity index (χ4n) is 7.80. The predicted molar refractivity (Wildman–Crippen MR) is 207 cm³/mol. The third kappa shape index (κ3) is 7.28. The lowest BCUT2D eigenvalue weighted by atomic mass is 9.98.